The summed E-state index contributed by atoms with van der Waals surface area (Å²) in [6.07, 6.45) is 0. The Bertz CT molecular complexity index is 1310. The van der Waals surface area contributed by atoms with Crippen LogP contribution < -0.4 is 15.6 Å². The van der Waals surface area contributed by atoms with E-state index >= 15 is 0 Å². The Kier molecular flexibility index (Phi) is 7.31. The fraction of sp³-hybridized carbons (Fsp3) is 0.0455. The van der Waals surface area contributed by atoms with Crippen molar-refractivity contribution in [2.24, 2.45) is 0 Å². The highest BCUT2D eigenvalue weighted by atomic mass is 35.5. The second kappa shape index (κ2) is 10.2. The summed E-state index contributed by atoms with van der Waals surface area (Å²) < 4.78 is 32.3. The number of benzene rings is 3. The zero-order valence-electron chi connectivity index (χ0n) is 17.2. The third-order valence-electron chi connectivity index (χ3n) is 4.38. The number of ether oxygens (including phenoxy) is 1. The average molecular weight is 488 g/mol. The number of hydrogen-bond acceptors (Lipinski definition) is 6. The Hall–Kier alpha value is -3.89. The molecule has 0 saturated heterocycles. The van der Waals surface area contributed by atoms with E-state index in [1.807, 2.05) is 0 Å². The Labute approximate surface area is 194 Å². The molecule has 33 heavy (non-hydrogen) atoms. The van der Waals surface area contributed by atoms with Gasteiger partial charge in [0.1, 0.15) is 0 Å². The molecule has 0 unspecified atom stereocenters. The number of halogens is 1. The summed E-state index contributed by atoms with van der Waals surface area (Å²) in [5.41, 5.74) is 5.09. The van der Waals surface area contributed by atoms with Crippen molar-refractivity contribution >= 4 is 45.1 Å². The maximum atomic E-state index is 12.7. The van der Waals surface area contributed by atoms with Crippen LogP contribution in [0.2, 0.25) is 5.02 Å². The quantitative estimate of drug-likeness (QED) is 0.362. The molecule has 0 aromatic heterocycles. The molecule has 0 saturated carbocycles. The number of hydrogen-bond donors (Lipinski definition) is 3. The van der Waals surface area contributed by atoms with Gasteiger partial charge in [-0.05, 0) is 54.6 Å². The minimum Gasteiger partial charge on any atom is -0.465 e. The number of amides is 2. The molecule has 0 atom stereocenters. The molecule has 3 aromatic carbocycles. The molecule has 11 heteroatoms. The highest BCUT2D eigenvalue weighted by molar-refractivity contribution is 7.92. The molecule has 0 aliphatic rings. The van der Waals surface area contributed by atoms with E-state index in [1.165, 1.54) is 61.7 Å². The molecule has 0 radical (unpaired) electrons. The summed E-state index contributed by atoms with van der Waals surface area (Å²) in [5, 5.41) is 0.220. The van der Waals surface area contributed by atoms with Gasteiger partial charge in [-0.2, -0.15) is 0 Å². The van der Waals surface area contributed by atoms with Gasteiger partial charge in [0, 0.05) is 11.1 Å². The van der Waals surface area contributed by atoms with Gasteiger partial charge < -0.3 is 4.74 Å². The average Bonchev–Trinajstić information content (AvgIpc) is 2.83. The molecule has 170 valence electrons. The fourth-order valence-electron chi connectivity index (χ4n) is 2.69. The van der Waals surface area contributed by atoms with Crippen molar-refractivity contribution in [1.29, 1.82) is 0 Å². The van der Waals surface area contributed by atoms with Crippen molar-refractivity contribution in [3.63, 3.8) is 0 Å². The lowest BCUT2D eigenvalue weighted by molar-refractivity contribution is 0.0600. The maximum Gasteiger partial charge on any atom is 0.337 e. The number of methoxy groups -OCH3 is 1. The van der Waals surface area contributed by atoms with Gasteiger partial charge in [0.2, 0.25) is 0 Å². The molecule has 0 aliphatic heterocycles. The van der Waals surface area contributed by atoms with Gasteiger partial charge in [-0.25, -0.2) is 13.2 Å². The molecule has 0 heterocycles. The van der Waals surface area contributed by atoms with Crippen molar-refractivity contribution in [2.75, 3.05) is 11.8 Å². The predicted molar refractivity (Wildman–Crippen MR) is 121 cm³/mol. The first-order valence-corrected chi connectivity index (χ1v) is 11.2. The highest BCUT2D eigenvalue weighted by Crippen LogP contribution is 2.24. The van der Waals surface area contributed by atoms with Crippen molar-refractivity contribution in [3.05, 3.63) is 94.5 Å². The Morgan fingerprint density at radius 2 is 1.39 bits per heavy atom. The van der Waals surface area contributed by atoms with Crippen LogP contribution in [0, 0.1) is 0 Å². The van der Waals surface area contributed by atoms with Crippen molar-refractivity contribution < 1.29 is 27.5 Å². The Morgan fingerprint density at radius 3 is 2.03 bits per heavy atom. The van der Waals surface area contributed by atoms with Gasteiger partial charge in [-0.15, -0.1) is 0 Å². The van der Waals surface area contributed by atoms with E-state index < -0.39 is 27.8 Å². The van der Waals surface area contributed by atoms with Gasteiger partial charge in [0.05, 0.1) is 28.3 Å². The number of sulfonamides is 1. The van der Waals surface area contributed by atoms with Gasteiger partial charge in [0.25, 0.3) is 21.8 Å². The topological polar surface area (TPSA) is 131 Å². The number of anilines is 1. The Morgan fingerprint density at radius 1 is 0.788 bits per heavy atom. The van der Waals surface area contributed by atoms with Crippen LogP contribution in [-0.4, -0.2) is 33.3 Å². The standard InChI is InChI=1S/C22H18ClN3O6S/c1-32-22(29)15-11-9-14(10-12-15)20(27)24-25-21(28)16-5-4-6-17(13-16)33(30,31)26-19-8-3-2-7-18(19)23/h2-13,26H,1H3,(H,24,27)(H,25,28). The number of rotatable bonds is 6. The summed E-state index contributed by atoms with van der Waals surface area (Å²) in [6, 6.07) is 17.2. The van der Waals surface area contributed by atoms with E-state index in [-0.39, 0.29) is 32.3 Å². The molecular formula is C22H18ClN3O6S. The van der Waals surface area contributed by atoms with Crippen LogP contribution in [-0.2, 0) is 14.8 Å². The van der Waals surface area contributed by atoms with Crippen molar-refractivity contribution in [1.82, 2.24) is 10.9 Å². The van der Waals surface area contributed by atoms with Gasteiger partial charge in [-0.3, -0.25) is 25.2 Å². The molecule has 3 N–H and O–H groups in total. The van der Waals surface area contributed by atoms with Crippen LogP contribution in [0.3, 0.4) is 0 Å². The van der Waals surface area contributed by atoms with Crippen LogP contribution in [0.25, 0.3) is 0 Å². The normalized spacial score (nSPS) is 10.7. The first-order chi connectivity index (χ1) is 15.7. The number of carbonyl (C=O) groups is 3. The van der Waals surface area contributed by atoms with Crippen molar-refractivity contribution in [3.8, 4) is 0 Å². The summed E-state index contributed by atoms with van der Waals surface area (Å²) in [5.74, 6) is -1.91. The molecule has 0 spiro atoms. The summed E-state index contributed by atoms with van der Waals surface area (Å²) in [4.78, 5) is 35.9. The second-order valence-electron chi connectivity index (χ2n) is 6.59. The van der Waals surface area contributed by atoms with Crippen LogP contribution in [0.1, 0.15) is 31.1 Å². The van der Waals surface area contributed by atoms with E-state index in [2.05, 4.69) is 20.3 Å². The number of para-hydroxylation sites is 1. The molecule has 0 bridgehead atoms. The zero-order chi connectivity index (χ0) is 24.0. The van der Waals surface area contributed by atoms with Gasteiger partial charge in [-0.1, -0.05) is 29.8 Å². The highest BCUT2D eigenvalue weighted by Gasteiger charge is 2.18. The molecule has 0 fully saturated rings. The first-order valence-electron chi connectivity index (χ1n) is 9.38. The fourth-order valence-corrected chi connectivity index (χ4v) is 4.05. The smallest absolute Gasteiger partial charge is 0.337 e. The minimum atomic E-state index is -4.02. The molecule has 2 amide bonds. The summed E-state index contributed by atoms with van der Waals surface area (Å²) in [7, 11) is -2.78. The number of hydrazine groups is 1. The third kappa shape index (κ3) is 5.88. The summed E-state index contributed by atoms with van der Waals surface area (Å²) in [6.45, 7) is 0. The second-order valence-corrected chi connectivity index (χ2v) is 8.68. The van der Waals surface area contributed by atoms with E-state index in [0.717, 1.165) is 6.07 Å². The largest absolute Gasteiger partial charge is 0.465 e. The minimum absolute atomic E-state index is 0.00151. The maximum absolute atomic E-state index is 12.7. The molecule has 3 aromatic rings. The number of nitrogens with one attached hydrogen (secondary N) is 3. The van der Waals surface area contributed by atoms with Crippen LogP contribution in [0.4, 0.5) is 5.69 Å². The molecule has 3 rings (SSSR count). The van der Waals surface area contributed by atoms with Crippen LogP contribution >= 0.6 is 11.6 Å². The van der Waals surface area contributed by atoms with E-state index in [4.69, 9.17) is 11.6 Å². The molecule has 0 aliphatic carbocycles. The lowest BCUT2D eigenvalue weighted by Crippen LogP contribution is -2.41. The lowest BCUT2D eigenvalue weighted by atomic mass is 10.1. The lowest BCUT2D eigenvalue weighted by Gasteiger charge is -2.11. The van der Waals surface area contributed by atoms with E-state index in [9.17, 15) is 22.8 Å². The zero-order valence-corrected chi connectivity index (χ0v) is 18.7. The SMILES string of the molecule is COC(=O)c1ccc(C(=O)NNC(=O)c2cccc(S(=O)(=O)Nc3ccccc3Cl)c2)cc1. The molecular weight excluding hydrogens is 470 g/mol. The monoisotopic (exact) mass is 487 g/mol. The van der Waals surface area contributed by atoms with Crippen molar-refractivity contribution in [2.45, 2.75) is 4.90 Å². The number of carbonyl (C=O) groups excluding carboxylic acids is 3. The predicted octanol–water partition coefficient (Wildman–Crippen LogP) is 3.00. The molecule has 9 nitrogen and oxygen atoms in total. The van der Waals surface area contributed by atoms with E-state index in [1.54, 1.807) is 12.1 Å². The third-order valence-corrected chi connectivity index (χ3v) is 6.08. The van der Waals surface area contributed by atoms with Crippen LogP contribution in [0.5, 0.6) is 0 Å². The van der Waals surface area contributed by atoms with Gasteiger partial charge >= 0.3 is 5.97 Å². The Balaban J connectivity index is 1.67. The van der Waals surface area contributed by atoms with Gasteiger partial charge in [0.15, 0.2) is 0 Å². The number of esters is 1. The summed E-state index contributed by atoms with van der Waals surface area (Å²) >= 11 is 6.00. The van der Waals surface area contributed by atoms with E-state index in [0.29, 0.717) is 0 Å². The van der Waals surface area contributed by atoms with Crippen LogP contribution in [0.15, 0.2) is 77.7 Å². The first kappa shape index (κ1) is 23.8.